The molecule has 136 valence electrons. The predicted molar refractivity (Wildman–Crippen MR) is 97.3 cm³/mol. The van der Waals surface area contributed by atoms with Crippen LogP contribution in [0.2, 0.25) is 5.02 Å². The summed E-state index contributed by atoms with van der Waals surface area (Å²) in [5, 5.41) is 4.25. The summed E-state index contributed by atoms with van der Waals surface area (Å²) in [6, 6.07) is 11.2. The van der Waals surface area contributed by atoms with Crippen LogP contribution in [0.1, 0.15) is 0 Å². The Morgan fingerprint density at radius 3 is 2.46 bits per heavy atom. The van der Waals surface area contributed by atoms with Gasteiger partial charge in [-0.15, -0.1) is 0 Å². The Bertz CT molecular complexity index is 1020. The van der Waals surface area contributed by atoms with Crippen LogP contribution >= 0.6 is 11.6 Å². The van der Waals surface area contributed by atoms with Gasteiger partial charge >= 0.3 is 0 Å². The van der Waals surface area contributed by atoms with Crippen LogP contribution in [0.25, 0.3) is 11.1 Å². The Balaban J connectivity index is 1.97. The number of nitrogens with zero attached hydrogens (tertiary/aromatic N) is 1. The van der Waals surface area contributed by atoms with E-state index < -0.39 is 10.0 Å². The van der Waals surface area contributed by atoms with E-state index in [0.717, 1.165) is 0 Å². The SMILES string of the molecule is COc1ccc(S(=O)(=O)Nc2oncc2-c2ccc(Cl)cc2)c(OC)c1. The number of benzene rings is 2. The minimum absolute atomic E-state index is 0.00908. The van der Waals surface area contributed by atoms with Gasteiger partial charge < -0.3 is 14.0 Å². The molecule has 0 amide bonds. The summed E-state index contributed by atoms with van der Waals surface area (Å²) in [7, 11) is -1.12. The summed E-state index contributed by atoms with van der Waals surface area (Å²) in [6.45, 7) is 0. The molecule has 0 saturated carbocycles. The van der Waals surface area contributed by atoms with E-state index in [1.54, 1.807) is 24.3 Å². The zero-order valence-corrected chi connectivity index (χ0v) is 15.5. The largest absolute Gasteiger partial charge is 0.497 e. The van der Waals surface area contributed by atoms with Gasteiger partial charge in [-0.25, -0.2) is 13.1 Å². The molecule has 1 aromatic heterocycles. The van der Waals surface area contributed by atoms with Gasteiger partial charge in [-0.2, -0.15) is 0 Å². The second-order valence-corrected chi connectivity index (χ2v) is 7.29. The van der Waals surface area contributed by atoms with Crippen molar-refractivity contribution in [1.82, 2.24) is 5.16 Å². The highest BCUT2D eigenvalue weighted by atomic mass is 35.5. The van der Waals surface area contributed by atoms with Gasteiger partial charge in [-0.3, -0.25) is 0 Å². The van der Waals surface area contributed by atoms with E-state index >= 15 is 0 Å². The second kappa shape index (κ2) is 7.27. The van der Waals surface area contributed by atoms with Crippen molar-refractivity contribution in [2.45, 2.75) is 4.90 Å². The first-order chi connectivity index (χ1) is 12.4. The fraction of sp³-hybridized carbons (Fsp3) is 0.118. The van der Waals surface area contributed by atoms with Gasteiger partial charge in [0.1, 0.15) is 16.4 Å². The number of hydrogen-bond acceptors (Lipinski definition) is 6. The third kappa shape index (κ3) is 3.61. The first kappa shape index (κ1) is 18.1. The molecule has 0 bridgehead atoms. The van der Waals surface area contributed by atoms with Crippen LogP contribution in [-0.2, 0) is 10.0 Å². The zero-order chi connectivity index (χ0) is 18.7. The molecule has 3 aromatic rings. The molecule has 0 fully saturated rings. The lowest BCUT2D eigenvalue weighted by Crippen LogP contribution is -2.14. The molecule has 0 aliphatic heterocycles. The maximum absolute atomic E-state index is 12.8. The molecule has 0 aliphatic rings. The van der Waals surface area contributed by atoms with Crippen LogP contribution in [0.15, 0.2) is 58.1 Å². The molecule has 3 rings (SSSR count). The van der Waals surface area contributed by atoms with Crippen molar-refractivity contribution < 1.29 is 22.4 Å². The Morgan fingerprint density at radius 1 is 1.08 bits per heavy atom. The van der Waals surface area contributed by atoms with Gasteiger partial charge in [-0.1, -0.05) is 28.9 Å². The van der Waals surface area contributed by atoms with E-state index in [0.29, 0.717) is 21.9 Å². The first-order valence-corrected chi connectivity index (χ1v) is 9.26. The predicted octanol–water partition coefficient (Wildman–Crippen LogP) is 3.81. The maximum atomic E-state index is 12.8. The van der Waals surface area contributed by atoms with Gasteiger partial charge in [0.05, 0.1) is 26.0 Å². The highest BCUT2D eigenvalue weighted by molar-refractivity contribution is 7.92. The Kier molecular flexibility index (Phi) is 5.06. The van der Waals surface area contributed by atoms with Gasteiger partial charge in [0.15, 0.2) is 0 Å². The van der Waals surface area contributed by atoms with Crippen molar-refractivity contribution in [3.63, 3.8) is 0 Å². The molecule has 0 atom stereocenters. The standard InChI is InChI=1S/C17H15ClN2O5S/c1-23-13-7-8-16(15(9-13)24-2)26(21,22)20-17-14(10-19-25-17)11-3-5-12(18)6-4-11/h3-10,20H,1-2H3. The first-order valence-electron chi connectivity index (χ1n) is 7.40. The van der Waals surface area contributed by atoms with Crippen molar-refractivity contribution >= 4 is 27.5 Å². The fourth-order valence-corrected chi connectivity index (χ4v) is 3.60. The van der Waals surface area contributed by atoms with E-state index in [4.69, 9.17) is 25.6 Å². The van der Waals surface area contributed by atoms with Crippen molar-refractivity contribution in [2.75, 3.05) is 18.9 Å². The molecule has 0 spiro atoms. The number of rotatable bonds is 6. The minimum Gasteiger partial charge on any atom is -0.497 e. The smallest absolute Gasteiger partial charge is 0.267 e. The average molecular weight is 395 g/mol. The lowest BCUT2D eigenvalue weighted by atomic mass is 10.1. The van der Waals surface area contributed by atoms with Crippen molar-refractivity contribution in [2.24, 2.45) is 0 Å². The molecule has 2 aromatic carbocycles. The molecule has 0 saturated heterocycles. The lowest BCUT2D eigenvalue weighted by Gasteiger charge is -2.12. The van der Waals surface area contributed by atoms with Crippen LogP contribution in [-0.4, -0.2) is 27.8 Å². The number of nitrogens with one attached hydrogen (secondary N) is 1. The summed E-state index contributed by atoms with van der Waals surface area (Å²) in [6.07, 6.45) is 1.42. The number of aromatic nitrogens is 1. The summed E-state index contributed by atoms with van der Waals surface area (Å²) in [4.78, 5) is -0.0562. The Labute approximate surface area is 155 Å². The van der Waals surface area contributed by atoms with E-state index in [2.05, 4.69) is 9.88 Å². The highest BCUT2D eigenvalue weighted by Crippen LogP contribution is 2.33. The third-order valence-corrected chi connectivity index (χ3v) is 5.24. The molecule has 0 unspecified atom stereocenters. The fourth-order valence-electron chi connectivity index (χ4n) is 2.32. The van der Waals surface area contributed by atoms with Crippen molar-refractivity contribution in [3.8, 4) is 22.6 Å². The molecule has 7 nitrogen and oxygen atoms in total. The van der Waals surface area contributed by atoms with Crippen LogP contribution < -0.4 is 14.2 Å². The van der Waals surface area contributed by atoms with Crippen LogP contribution in [0, 0.1) is 0 Å². The average Bonchev–Trinajstić information content (AvgIpc) is 3.09. The van der Waals surface area contributed by atoms with Crippen LogP contribution in [0.4, 0.5) is 5.88 Å². The monoisotopic (exact) mass is 394 g/mol. The number of methoxy groups -OCH3 is 2. The van der Waals surface area contributed by atoms with E-state index in [-0.39, 0.29) is 16.5 Å². The summed E-state index contributed by atoms with van der Waals surface area (Å²) < 4.78 is 43.3. The maximum Gasteiger partial charge on any atom is 0.267 e. The molecular weight excluding hydrogens is 380 g/mol. The van der Waals surface area contributed by atoms with Gasteiger partial charge in [0.2, 0.25) is 5.88 Å². The van der Waals surface area contributed by atoms with E-state index in [1.165, 1.54) is 38.6 Å². The summed E-state index contributed by atoms with van der Waals surface area (Å²) in [5.41, 5.74) is 1.19. The highest BCUT2D eigenvalue weighted by Gasteiger charge is 2.24. The number of anilines is 1. The Morgan fingerprint density at radius 2 is 1.81 bits per heavy atom. The summed E-state index contributed by atoms with van der Waals surface area (Å²) in [5.74, 6) is 0.608. The molecular formula is C17H15ClN2O5S. The Hall–Kier alpha value is -2.71. The van der Waals surface area contributed by atoms with E-state index in [1.807, 2.05) is 0 Å². The summed E-state index contributed by atoms with van der Waals surface area (Å²) >= 11 is 5.88. The van der Waals surface area contributed by atoms with E-state index in [9.17, 15) is 8.42 Å². The van der Waals surface area contributed by atoms with Crippen LogP contribution in [0.5, 0.6) is 11.5 Å². The van der Waals surface area contributed by atoms with Crippen molar-refractivity contribution in [1.29, 1.82) is 0 Å². The minimum atomic E-state index is -3.98. The number of hydrogen-bond donors (Lipinski definition) is 1. The lowest BCUT2D eigenvalue weighted by molar-refractivity contribution is 0.386. The molecule has 9 heteroatoms. The molecule has 26 heavy (non-hydrogen) atoms. The quantitative estimate of drug-likeness (QED) is 0.683. The topological polar surface area (TPSA) is 90.7 Å². The number of ether oxygens (including phenoxy) is 2. The molecule has 0 radical (unpaired) electrons. The zero-order valence-electron chi connectivity index (χ0n) is 13.9. The third-order valence-electron chi connectivity index (χ3n) is 3.61. The molecule has 0 aliphatic carbocycles. The van der Waals surface area contributed by atoms with Crippen molar-refractivity contribution in [3.05, 3.63) is 53.7 Å². The number of halogens is 1. The normalized spacial score (nSPS) is 11.2. The van der Waals surface area contributed by atoms with Gasteiger partial charge in [-0.05, 0) is 29.8 Å². The second-order valence-electron chi connectivity index (χ2n) is 5.20. The molecule has 1 N–H and O–H groups in total. The van der Waals surface area contributed by atoms with Crippen LogP contribution in [0.3, 0.4) is 0 Å². The molecule has 1 heterocycles. The van der Waals surface area contributed by atoms with Gasteiger partial charge in [0, 0.05) is 11.1 Å². The van der Waals surface area contributed by atoms with Gasteiger partial charge in [0.25, 0.3) is 10.0 Å². The number of sulfonamides is 1.